The van der Waals surface area contributed by atoms with Gasteiger partial charge in [-0.25, -0.2) is 0 Å². The Bertz CT molecular complexity index is 1070. The lowest BCUT2D eigenvalue weighted by molar-refractivity contribution is -0.146. The minimum absolute atomic E-state index is 0.270. The number of allylic oxidation sites excluding steroid dienone is 2. The molecule has 4 N–H and O–H groups in total. The molecule has 2 aromatic rings. The van der Waals surface area contributed by atoms with Crippen LogP contribution in [0.2, 0.25) is 0 Å². The predicted molar refractivity (Wildman–Crippen MR) is 123 cm³/mol. The van der Waals surface area contributed by atoms with Gasteiger partial charge in [0, 0.05) is 10.4 Å². The molecule has 0 radical (unpaired) electrons. The van der Waals surface area contributed by atoms with Crippen LogP contribution in [0.3, 0.4) is 0 Å². The molecule has 1 heterocycles. The van der Waals surface area contributed by atoms with Crippen molar-refractivity contribution in [1.82, 2.24) is 0 Å². The first-order valence-electron chi connectivity index (χ1n) is 10.3. The van der Waals surface area contributed by atoms with Gasteiger partial charge in [-0.15, -0.1) is 11.3 Å². The lowest BCUT2D eigenvalue weighted by atomic mass is 9.76. The van der Waals surface area contributed by atoms with Crippen LogP contribution in [0, 0.1) is 18.8 Å². The monoisotopic (exact) mass is 440 g/mol. The number of hydrogen-bond acceptors (Lipinski definition) is 4. The third kappa shape index (κ3) is 4.56. The number of anilines is 1. The number of carboxylic acid groups (broad SMARTS) is 1. The largest absolute Gasteiger partial charge is 0.481 e. The van der Waals surface area contributed by atoms with Crippen molar-refractivity contribution in [3.05, 3.63) is 51.4 Å². The van der Waals surface area contributed by atoms with Gasteiger partial charge in [0.1, 0.15) is 5.00 Å². The molecule has 7 heteroatoms. The van der Waals surface area contributed by atoms with Crippen LogP contribution in [-0.4, -0.2) is 22.9 Å². The smallest absolute Gasteiger partial charge is 0.307 e. The van der Waals surface area contributed by atoms with E-state index in [0.29, 0.717) is 23.4 Å². The van der Waals surface area contributed by atoms with Crippen molar-refractivity contribution in [2.75, 3.05) is 5.32 Å². The van der Waals surface area contributed by atoms with Crippen LogP contribution in [0.1, 0.15) is 54.4 Å². The molecule has 31 heavy (non-hydrogen) atoms. The van der Waals surface area contributed by atoms with Gasteiger partial charge in [0.2, 0.25) is 5.91 Å². The molecule has 0 fully saturated rings. The number of rotatable bonds is 6. The van der Waals surface area contributed by atoms with Crippen LogP contribution < -0.4 is 11.1 Å². The first kappa shape index (κ1) is 22.7. The van der Waals surface area contributed by atoms with Crippen LogP contribution in [0.5, 0.6) is 0 Å². The second-order valence-electron chi connectivity index (χ2n) is 8.16. The van der Waals surface area contributed by atoms with E-state index in [1.54, 1.807) is 0 Å². The lowest BCUT2D eigenvalue weighted by Gasteiger charge is -2.29. The van der Waals surface area contributed by atoms with E-state index in [0.717, 1.165) is 28.0 Å². The van der Waals surface area contributed by atoms with Crippen LogP contribution >= 0.6 is 11.3 Å². The molecule has 164 valence electrons. The molecular formula is C24H28N2O4S. The molecule has 1 aromatic carbocycles. The van der Waals surface area contributed by atoms with Gasteiger partial charge in [0.15, 0.2) is 0 Å². The molecule has 6 nitrogen and oxygen atoms in total. The van der Waals surface area contributed by atoms with Crippen molar-refractivity contribution in [2.45, 2.75) is 47.0 Å². The van der Waals surface area contributed by atoms with Crippen molar-refractivity contribution >= 4 is 34.1 Å². The zero-order valence-electron chi connectivity index (χ0n) is 18.2. The minimum Gasteiger partial charge on any atom is -0.481 e. The second-order valence-corrected chi connectivity index (χ2v) is 9.39. The molecule has 2 amide bonds. The highest BCUT2D eigenvalue weighted by atomic mass is 32.1. The summed E-state index contributed by atoms with van der Waals surface area (Å²) in [5, 5.41) is 12.8. The molecule has 0 saturated heterocycles. The Kier molecular flexibility index (Phi) is 6.65. The van der Waals surface area contributed by atoms with Crippen LogP contribution in [0.15, 0.2) is 35.4 Å². The molecule has 1 aliphatic rings. The van der Waals surface area contributed by atoms with E-state index < -0.39 is 29.6 Å². The zero-order valence-corrected chi connectivity index (χ0v) is 19.1. The van der Waals surface area contributed by atoms with E-state index in [1.807, 2.05) is 45.0 Å². The summed E-state index contributed by atoms with van der Waals surface area (Å²) in [7, 11) is 0. The van der Waals surface area contributed by atoms with Crippen molar-refractivity contribution in [2.24, 2.45) is 17.6 Å². The Balaban J connectivity index is 1.97. The second kappa shape index (κ2) is 9.06. The van der Waals surface area contributed by atoms with Crippen molar-refractivity contribution in [3.8, 4) is 11.1 Å². The molecule has 0 unspecified atom stereocenters. The van der Waals surface area contributed by atoms with Crippen LogP contribution in [0.4, 0.5) is 5.00 Å². The third-order valence-corrected chi connectivity index (χ3v) is 7.16. The summed E-state index contributed by atoms with van der Waals surface area (Å²) in [5.41, 5.74) is 10.8. The highest BCUT2D eigenvalue weighted by Crippen LogP contribution is 2.41. The van der Waals surface area contributed by atoms with E-state index in [1.165, 1.54) is 16.9 Å². The summed E-state index contributed by atoms with van der Waals surface area (Å²) in [6, 6.07) is 7.91. The fourth-order valence-corrected chi connectivity index (χ4v) is 5.24. The Hall–Kier alpha value is -2.93. The summed E-state index contributed by atoms with van der Waals surface area (Å²) in [6.07, 6.45) is 1.64. The van der Waals surface area contributed by atoms with Gasteiger partial charge in [-0.3, -0.25) is 14.4 Å². The average Bonchev–Trinajstić information content (AvgIpc) is 3.05. The van der Waals surface area contributed by atoms with Crippen molar-refractivity contribution in [3.63, 3.8) is 0 Å². The highest BCUT2D eigenvalue weighted by molar-refractivity contribution is 7.17. The lowest BCUT2D eigenvalue weighted by Crippen LogP contribution is -2.36. The Labute approximate surface area is 186 Å². The first-order chi connectivity index (χ1) is 14.6. The van der Waals surface area contributed by atoms with Crippen LogP contribution in [-0.2, 0) is 16.0 Å². The Morgan fingerprint density at radius 2 is 1.65 bits per heavy atom. The highest BCUT2D eigenvalue weighted by Gasteiger charge is 2.38. The summed E-state index contributed by atoms with van der Waals surface area (Å²) in [6.45, 7) is 7.79. The van der Waals surface area contributed by atoms with Gasteiger partial charge in [0.25, 0.3) is 5.91 Å². The number of nitrogens with two attached hydrogens (primary N) is 1. The minimum atomic E-state index is -0.985. The van der Waals surface area contributed by atoms with Gasteiger partial charge in [-0.2, -0.15) is 0 Å². The molecule has 3 rings (SSSR count). The van der Waals surface area contributed by atoms with E-state index in [-0.39, 0.29) is 5.56 Å². The quantitative estimate of drug-likeness (QED) is 0.562. The third-order valence-electron chi connectivity index (χ3n) is 6.14. The van der Waals surface area contributed by atoms with E-state index in [2.05, 4.69) is 12.2 Å². The molecular weight excluding hydrogens is 412 g/mol. The van der Waals surface area contributed by atoms with Gasteiger partial charge in [-0.1, -0.05) is 42.3 Å². The molecule has 0 spiro atoms. The zero-order chi connectivity index (χ0) is 22.9. The maximum absolute atomic E-state index is 13.1. The summed E-state index contributed by atoms with van der Waals surface area (Å²) in [4.78, 5) is 38.1. The maximum Gasteiger partial charge on any atom is 0.307 e. The number of hydrogen-bond donors (Lipinski definition) is 3. The summed E-state index contributed by atoms with van der Waals surface area (Å²) in [5.74, 6) is -3.49. The number of amides is 2. The summed E-state index contributed by atoms with van der Waals surface area (Å²) < 4.78 is 0. The topological polar surface area (TPSA) is 109 Å². The molecule has 0 aliphatic heterocycles. The molecule has 0 saturated carbocycles. The number of benzene rings is 1. The Morgan fingerprint density at radius 3 is 2.16 bits per heavy atom. The van der Waals surface area contributed by atoms with Crippen LogP contribution in [0.25, 0.3) is 11.1 Å². The summed E-state index contributed by atoms with van der Waals surface area (Å²) >= 11 is 1.29. The number of primary amides is 1. The van der Waals surface area contributed by atoms with E-state index >= 15 is 0 Å². The van der Waals surface area contributed by atoms with Gasteiger partial charge >= 0.3 is 5.97 Å². The number of carbonyl (C=O) groups excluding carboxylic acids is 2. The van der Waals surface area contributed by atoms with Gasteiger partial charge in [0.05, 0.1) is 17.4 Å². The number of carbonyl (C=O) groups is 3. The SMILES string of the molecule is CCc1ccc(-c2c(C)sc(NC(=O)[C@H]3CC(C)=C(C)C[C@@H]3C(=O)O)c2C(N)=O)cc1. The fourth-order valence-electron chi connectivity index (χ4n) is 4.15. The number of thiophene rings is 1. The molecule has 0 bridgehead atoms. The van der Waals surface area contributed by atoms with E-state index in [4.69, 9.17) is 5.73 Å². The number of nitrogens with one attached hydrogen (secondary N) is 1. The number of aryl methyl sites for hydroxylation is 2. The normalized spacial score (nSPS) is 18.7. The molecule has 1 aromatic heterocycles. The average molecular weight is 441 g/mol. The first-order valence-corrected chi connectivity index (χ1v) is 11.2. The van der Waals surface area contributed by atoms with Gasteiger partial charge < -0.3 is 16.2 Å². The molecule has 2 atom stereocenters. The number of carboxylic acids is 1. The van der Waals surface area contributed by atoms with Crippen molar-refractivity contribution in [1.29, 1.82) is 0 Å². The van der Waals surface area contributed by atoms with Crippen molar-refractivity contribution < 1.29 is 19.5 Å². The predicted octanol–water partition coefficient (Wildman–Crippen LogP) is 4.77. The maximum atomic E-state index is 13.1. The fraction of sp³-hybridized carbons (Fsp3) is 0.375. The van der Waals surface area contributed by atoms with E-state index in [9.17, 15) is 19.5 Å². The van der Waals surface area contributed by atoms with Gasteiger partial charge in [-0.05, 0) is 51.2 Å². The standard InChI is InChI=1S/C24H28N2O4S/c1-5-15-6-8-16(9-7-15)19-14(4)31-23(20(19)21(25)27)26-22(28)17-10-12(2)13(3)11-18(17)24(29)30/h6-9,17-18H,5,10-11H2,1-4H3,(H2,25,27)(H,26,28)(H,29,30)/t17-,18-/m0/s1. The Morgan fingerprint density at radius 1 is 1.06 bits per heavy atom. The molecule has 1 aliphatic carbocycles. The number of aliphatic carboxylic acids is 1.